The molecule has 0 bridgehead atoms. The largest absolute Gasteiger partial charge is 0.338 e. The molecule has 0 atom stereocenters. The average Bonchev–Trinajstić information content (AvgIpc) is 2.36. The quantitative estimate of drug-likeness (QED) is 0.595. The lowest BCUT2D eigenvalue weighted by Gasteiger charge is -2.32. The molecular weight excluding hydrogens is 363 g/mol. The van der Waals surface area contributed by atoms with Crippen molar-refractivity contribution in [3.05, 3.63) is 14.4 Å². The van der Waals surface area contributed by atoms with Crippen LogP contribution in [0.15, 0.2) is 0 Å². The van der Waals surface area contributed by atoms with Gasteiger partial charge < -0.3 is 9.80 Å². The Labute approximate surface area is 127 Å². The van der Waals surface area contributed by atoms with Crippen molar-refractivity contribution in [2.45, 2.75) is 19.8 Å². The van der Waals surface area contributed by atoms with Crippen molar-refractivity contribution in [1.29, 1.82) is 0 Å². The van der Waals surface area contributed by atoms with E-state index in [0.29, 0.717) is 5.15 Å². The molecule has 4 nitrogen and oxygen atoms in total. The Kier molecular flexibility index (Phi) is 5.03. The SMILES string of the molecule is CCCc1nc(N2CCN(C)CC2)nc(Cl)c1I. The Morgan fingerprint density at radius 2 is 1.89 bits per heavy atom. The molecule has 1 aliphatic rings. The van der Waals surface area contributed by atoms with Gasteiger partial charge in [-0.1, -0.05) is 24.9 Å². The van der Waals surface area contributed by atoms with Crippen LogP contribution in [0, 0.1) is 3.57 Å². The molecule has 0 N–H and O–H groups in total. The molecule has 2 rings (SSSR count). The molecule has 0 saturated carbocycles. The van der Waals surface area contributed by atoms with Crippen molar-refractivity contribution >= 4 is 40.1 Å². The summed E-state index contributed by atoms with van der Waals surface area (Å²) in [6, 6.07) is 0. The van der Waals surface area contributed by atoms with E-state index in [1.165, 1.54) is 0 Å². The Bertz CT molecular complexity index is 419. The molecule has 0 unspecified atom stereocenters. The van der Waals surface area contributed by atoms with Crippen molar-refractivity contribution in [1.82, 2.24) is 14.9 Å². The average molecular weight is 381 g/mol. The summed E-state index contributed by atoms with van der Waals surface area (Å²) in [5.74, 6) is 0.789. The summed E-state index contributed by atoms with van der Waals surface area (Å²) in [5.41, 5.74) is 1.08. The molecule has 1 fully saturated rings. The smallest absolute Gasteiger partial charge is 0.227 e. The maximum atomic E-state index is 6.21. The maximum absolute atomic E-state index is 6.21. The molecule has 0 spiro atoms. The monoisotopic (exact) mass is 380 g/mol. The van der Waals surface area contributed by atoms with Crippen molar-refractivity contribution in [3.8, 4) is 0 Å². The zero-order chi connectivity index (χ0) is 13.1. The number of hydrogen-bond donors (Lipinski definition) is 0. The first-order valence-corrected chi connectivity index (χ1v) is 7.73. The first-order chi connectivity index (χ1) is 8.61. The first-order valence-electron chi connectivity index (χ1n) is 6.27. The van der Waals surface area contributed by atoms with Crippen LogP contribution in [0.3, 0.4) is 0 Å². The van der Waals surface area contributed by atoms with E-state index in [1.54, 1.807) is 0 Å². The van der Waals surface area contributed by atoms with Gasteiger partial charge in [-0.05, 0) is 36.1 Å². The van der Waals surface area contributed by atoms with E-state index in [0.717, 1.165) is 54.2 Å². The van der Waals surface area contributed by atoms with E-state index in [-0.39, 0.29) is 0 Å². The molecule has 6 heteroatoms. The fourth-order valence-corrected chi connectivity index (χ4v) is 2.70. The predicted octanol–water partition coefficient (Wildman–Crippen LogP) is 2.44. The van der Waals surface area contributed by atoms with E-state index in [2.05, 4.69) is 56.3 Å². The third-order valence-corrected chi connectivity index (χ3v) is 4.87. The third kappa shape index (κ3) is 3.24. The van der Waals surface area contributed by atoms with E-state index in [1.807, 2.05) is 0 Å². The molecule has 0 aliphatic carbocycles. The van der Waals surface area contributed by atoms with Crippen LogP contribution in [0.5, 0.6) is 0 Å². The van der Waals surface area contributed by atoms with Gasteiger partial charge in [0.05, 0.1) is 9.26 Å². The standard InChI is InChI=1S/C12H18ClIN4/c1-3-4-9-10(14)11(13)16-12(15-9)18-7-5-17(2)6-8-18/h3-8H2,1-2H3. The lowest BCUT2D eigenvalue weighted by molar-refractivity contribution is 0.311. The molecule has 18 heavy (non-hydrogen) atoms. The van der Waals surface area contributed by atoms with Gasteiger partial charge in [0.2, 0.25) is 5.95 Å². The summed E-state index contributed by atoms with van der Waals surface area (Å²) in [7, 11) is 2.14. The third-order valence-electron chi connectivity index (χ3n) is 3.14. The van der Waals surface area contributed by atoms with Gasteiger partial charge in [0, 0.05) is 26.2 Å². The summed E-state index contributed by atoms with van der Waals surface area (Å²) in [6.07, 6.45) is 2.03. The Morgan fingerprint density at radius 1 is 1.22 bits per heavy atom. The van der Waals surface area contributed by atoms with Crippen LogP contribution in [0.4, 0.5) is 5.95 Å². The number of likely N-dealkylation sites (N-methyl/N-ethyl adjacent to an activating group) is 1. The van der Waals surface area contributed by atoms with E-state index in [4.69, 9.17) is 11.6 Å². The second-order valence-corrected chi connectivity index (χ2v) is 6.05. The lowest BCUT2D eigenvalue weighted by atomic mass is 10.2. The zero-order valence-electron chi connectivity index (χ0n) is 10.8. The van der Waals surface area contributed by atoms with Crippen LogP contribution in [-0.4, -0.2) is 48.1 Å². The molecule has 1 saturated heterocycles. The van der Waals surface area contributed by atoms with Crippen LogP contribution in [-0.2, 0) is 6.42 Å². The number of anilines is 1. The fourth-order valence-electron chi connectivity index (χ4n) is 2.00. The molecule has 0 aromatic carbocycles. The highest BCUT2D eigenvalue weighted by atomic mass is 127. The van der Waals surface area contributed by atoms with Crippen molar-refractivity contribution in [3.63, 3.8) is 0 Å². The highest BCUT2D eigenvalue weighted by Crippen LogP contribution is 2.23. The predicted molar refractivity (Wildman–Crippen MR) is 83.5 cm³/mol. The van der Waals surface area contributed by atoms with E-state index >= 15 is 0 Å². The topological polar surface area (TPSA) is 32.3 Å². The van der Waals surface area contributed by atoms with Crippen LogP contribution >= 0.6 is 34.2 Å². The van der Waals surface area contributed by atoms with Gasteiger partial charge in [0.1, 0.15) is 5.15 Å². The number of halogens is 2. The molecule has 100 valence electrons. The zero-order valence-corrected chi connectivity index (χ0v) is 13.7. The number of aryl methyl sites for hydroxylation is 1. The van der Waals surface area contributed by atoms with Crippen LogP contribution < -0.4 is 4.90 Å². The van der Waals surface area contributed by atoms with Gasteiger partial charge >= 0.3 is 0 Å². The van der Waals surface area contributed by atoms with Crippen LogP contribution in [0.2, 0.25) is 5.15 Å². The van der Waals surface area contributed by atoms with Crippen molar-refractivity contribution in [2.24, 2.45) is 0 Å². The maximum Gasteiger partial charge on any atom is 0.227 e. The molecule has 1 aromatic rings. The summed E-state index contributed by atoms with van der Waals surface area (Å²) in [4.78, 5) is 13.6. The van der Waals surface area contributed by atoms with Crippen molar-refractivity contribution in [2.75, 3.05) is 38.1 Å². The summed E-state index contributed by atoms with van der Waals surface area (Å²) in [5, 5.41) is 0.586. The molecular formula is C12H18ClIN4. The summed E-state index contributed by atoms with van der Waals surface area (Å²) in [6.45, 7) is 6.20. The molecule has 2 heterocycles. The second kappa shape index (κ2) is 6.34. The summed E-state index contributed by atoms with van der Waals surface area (Å²) >= 11 is 8.44. The lowest BCUT2D eigenvalue weighted by Crippen LogP contribution is -2.45. The van der Waals surface area contributed by atoms with Crippen LogP contribution in [0.25, 0.3) is 0 Å². The normalized spacial score (nSPS) is 17.2. The van der Waals surface area contributed by atoms with Gasteiger partial charge in [0.25, 0.3) is 0 Å². The highest BCUT2D eigenvalue weighted by Gasteiger charge is 2.19. The molecule has 0 radical (unpaired) electrons. The van der Waals surface area contributed by atoms with Crippen LogP contribution in [0.1, 0.15) is 19.0 Å². The van der Waals surface area contributed by atoms with Gasteiger partial charge in [-0.3, -0.25) is 0 Å². The molecule has 0 amide bonds. The first kappa shape index (κ1) is 14.3. The summed E-state index contributed by atoms with van der Waals surface area (Å²) < 4.78 is 0.994. The Morgan fingerprint density at radius 3 is 2.50 bits per heavy atom. The van der Waals surface area contributed by atoms with Gasteiger partial charge in [-0.25, -0.2) is 4.98 Å². The Hall–Kier alpha value is -0.140. The Balaban J connectivity index is 2.22. The fraction of sp³-hybridized carbons (Fsp3) is 0.667. The second-order valence-electron chi connectivity index (χ2n) is 4.62. The number of rotatable bonds is 3. The number of piperazine rings is 1. The van der Waals surface area contributed by atoms with E-state index in [9.17, 15) is 0 Å². The number of hydrogen-bond acceptors (Lipinski definition) is 4. The minimum Gasteiger partial charge on any atom is -0.338 e. The minimum atomic E-state index is 0.586. The highest BCUT2D eigenvalue weighted by molar-refractivity contribution is 14.1. The minimum absolute atomic E-state index is 0.586. The van der Waals surface area contributed by atoms with Gasteiger partial charge in [-0.2, -0.15) is 4.98 Å². The molecule has 1 aliphatic heterocycles. The van der Waals surface area contributed by atoms with E-state index < -0.39 is 0 Å². The number of nitrogens with zero attached hydrogens (tertiary/aromatic N) is 4. The molecule has 1 aromatic heterocycles. The van der Waals surface area contributed by atoms with Gasteiger partial charge in [0.15, 0.2) is 0 Å². The number of aromatic nitrogens is 2. The van der Waals surface area contributed by atoms with Crippen molar-refractivity contribution < 1.29 is 0 Å². The van der Waals surface area contributed by atoms with Gasteiger partial charge in [-0.15, -0.1) is 0 Å².